The van der Waals surface area contributed by atoms with Gasteiger partial charge in [0.2, 0.25) is 6.79 Å². The lowest BCUT2D eigenvalue weighted by atomic mass is 10.1. The van der Waals surface area contributed by atoms with Crippen LogP contribution in [0.5, 0.6) is 11.5 Å². The van der Waals surface area contributed by atoms with Gasteiger partial charge < -0.3 is 19.2 Å². The average Bonchev–Trinajstić information content (AvgIpc) is 3.22. The number of ether oxygens (including phenoxy) is 2. The first-order valence-electron chi connectivity index (χ1n) is 9.80. The molecule has 1 fully saturated rings. The number of hydrogen-bond donors (Lipinski definition) is 0. The number of carbonyl (C=O) groups is 1. The van der Waals surface area contributed by atoms with Crippen LogP contribution in [-0.2, 0) is 16.2 Å². The number of benzene rings is 2. The molecule has 2 heterocycles. The number of oxime groups is 1. The van der Waals surface area contributed by atoms with E-state index in [9.17, 15) is 4.79 Å². The zero-order valence-corrected chi connectivity index (χ0v) is 16.5. The third-order valence-corrected chi connectivity index (χ3v) is 5.15. The van der Waals surface area contributed by atoms with Crippen LogP contribution in [0.15, 0.2) is 53.7 Å². The Morgan fingerprint density at radius 3 is 2.59 bits per heavy atom. The Balaban J connectivity index is 1.21. The van der Waals surface area contributed by atoms with Crippen LogP contribution in [0.4, 0.5) is 0 Å². The summed E-state index contributed by atoms with van der Waals surface area (Å²) in [4.78, 5) is 21.8. The van der Waals surface area contributed by atoms with Gasteiger partial charge in [0.1, 0.15) is 0 Å². The zero-order valence-electron chi connectivity index (χ0n) is 16.5. The topological polar surface area (TPSA) is 63.6 Å². The van der Waals surface area contributed by atoms with E-state index in [2.05, 4.69) is 16.1 Å². The molecule has 0 spiro atoms. The fourth-order valence-electron chi connectivity index (χ4n) is 3.46. The molecule has 2 aromatic rings. The molecule has 152 valence electrons. The summed E-state index contributed by atoms with van der Waals surface area (Å²) in [5.41, 5.74) is 2.92. The first-order chi connectivity index (χ1) is 14.2. The first kappa shape index (κ1) is 19.3. The van der Waals surface area contributed by atoms with Crippen LogP contribution >= 0.6 is 0 Å². The summed E-state index contributed by atoms with van der Waals surface area (Å²) in [7, 11) is 0. The second-order valence-corrected chi connectivity index (χ2v) is 7.16. The van der Waals surface area contributed by atoms with Gasteiger partial charge in [-0.3, -0.25) is 9.69 Å². The Hall–Kier alpha value is -3.06. The lowest BCUT2D eigenvalue weighted by Gasteiger charge is -2.34. The summed E-state index contributed by atoms with van der Waals surface area (Å²) >= 11 is 0. The molecule has 4 rings (SSSR count). The highest BCUT2D eigenvalue weighted by Gasteiger charge is 2.22. The van der Waals surface area contributed by atoms with Crippen LogP contribution in [0.3, 0.4) is 0 Å². The Labute approximate surface area is 170 Å². The van der Waals surface area contributed by atoms with Gasteiger partial charge in [-0.2, -0.15) is 0 Å². The van der Waals surface area contributed by atoms with Crippen molar-refractivity contribution in [2.24, 2.45) is 5.16 Å². The summed E-state index contributed by atoms with van der Waals surface area (Å²) in [6, 6.07) is 15.8. The van der Waals surface area contributed by atoms with E-state index < -0.39 is 0 Å². The lowest BCUT2D eigenvalue weighted by Crippen LogP contribution is -2.49. The van der Waals surface area contributed by atoms with Crippen molar-refractivity contribution in [1.82, 2.24) is 9.80 Å². The summed E-state index contributed by atoms with van der Waals surface area (Å²) in [6.07, 6.45) is 0. The molecule has 7 heteroatoms. The molecular formula is C22H25N3O4. The van der Waals surface area contributed by atoms with Gasteiger partial charge in [-0.1, -0.05) is 41.6 Å². The quantitative estimate of drug-likeness (QED) is 0.556. The Morgan fingerprint density at radius 2 is 1.79 bits per heavy atom. The van der Waals surface area contributed by atoms with Crippen molar-refractivity contribution in [2.45, 2.75) is 13.5 Å². The van der Waals surface area contributed by atoms with E-state index in [1.807, 2.05) is 54.3 Å². The van der Waals surface area contributed by atoms with E-state index in [0.717, 1.165) is 42.4 Å². The van der Waals surface area contributed by atoms with Gasteiger partial charge in [-0.25, -0.2) is 0 Å². The molecule has 0 atom stereocenters. The normalized spacial score (nSPS) is 16.7. The highest BCUT2D eigenvalue weighted by Crippen LogP contribution is 2.32. The van der Waals surface area contributed by atoms with Gasteiger partial charge in [0.05, 0.1) is 5.71 Å². The second kappa shape index (κ2) is 8.96. The average molecular weight is 395 g/mol. The SMILES string of the molecule is C/C(=N\OCC(=O)N1CCN(Cc2ccc3c(c2)OCO3)CC1)c1ccccc1. The summed E-state index contributed by atoms with van der Waals surface area (Å²) in [5, 5.41) is 4.07. The van der Waals surface area contributed by atoms with E-state index in [4.69, 9.17) is 14.3 Å². The van der Waals surface area contributed by atoms with E-state index in [1.54, 1.807) is 0 Å². The molecule has 0 bridgehead atoms. The summed E-state index contributed by atoms with van der Waals surface area (Å²) in [5.74, 6) is 1.58. The minimum atomic E-state index is -0.0354. The third-order valence-electron chi connectivity index (χ3n) is 5.15. The van der Waals surface area contributed by atoms with Crippen molar-refractivity contribution < 1.29 is 19.1 Å². The fourth-order valence-corrected chi connectivity index (χ4v) is 3.46. The van der Waals surface area contributed by atoms with Crippen LogP contribution in [0.25, 0.3) is 0 Å². The Kier molecular flexibility index (Phi) is 5.95. The smallest absolute Gasteiger partial charge is 0.263 e. The number of piperazine rings is 1. The van der Waals surface area contributed by atoms with Gasteiger partial charge in [0.15, 0.2) is 18.1 Å². The van der Waals surface area contributed by atoms with Gasteiger partial charge in [0, 0.05) is 32.7 Å². The van der Waals surface area contributed by atoms with Crippen molar-refractivity contribution in [1.29, 1.82) is 0 Å². The minimum Gasteiger partial charge on any atom is -0.454 e. The molecule has 1 amide bonds. The van der Waals surface area contributed by atoms with Crippen molar-refractivity contribution in [3.8, 4) is 11.5 Å². The fraction of sp³-hybridized carbons (Fsp3) is 0.364. The van der Waals surface area contributed by atoms with Gasteiger partial charge >= 0.3 is 0 Å². The summed E-state index contributed by atoms with van der Waals surface area (Å²) < 4.78 is 10.8. The van der Waals surface area contributed by atoms with Crippen LogP contribution in [0, 0.1) is 0 Å². The standard InChI is InChI=1S/C22H25N3O4/c1-17(19-5-3-2-4-6-19)23-29-15-22(26)25-11-9-24(10-12-25)14-18-7-8-20-21(13-18)28-16-27-20/h2-8,13H,9-12,14-16H2,1H3/b23-17+. The first-order valence-corrected chi connectivity index (χ1v) is 9.80. The number of hydrogen-bond acceptors (Lipinski definition) is 6. The van der Waals surface area contributed by atoms with Crippen LogP contribution in [0.1, 0.15) is 18.1 Å². The Morgan fingerprint density at radius 1 is 1.03 bits per heavy atom. The van der Waals surface area contributed by atoms with Crippen LogP contribution in [-0.4, -0.2) is 61.0 Å². The maximum Gasteiger partial charge on any atom is 0.263 e. The minimum absolute atomic E-state index is 0.0302. The molecule has 7 nitrogen and oxygen atoms in total. The lowest BCUT2D eigenvalue weighted by molar-refractivity contribution is -0.137. The van der Waals surface area contributed by atoms with Crippen molar-refractivity contribution >= 4 is 11.6 Å². The van der Waals surface area contributed by atoms with E-state index >= 15 is 0 Å². The van der Waals surface area contributed by atoms with E-state index in [-0.39, 0.29) is 19.3 Å². The third kappa shape index (κ3) is 4.86. The van der Waals surface area contributed by atoms with Gasteiger partial charge in [-0.05, 0) is 30.2 Å². The van der Waals surface area contributed by atoms with Gasteiger partial charge in [0.25, 0.3) is 5.91 Å². The number of rotatable bonds is 6. The molecule has 0 N–H and O–H groups in total. The Bertz CT molecular complexity index is 877. The van der Waals surface area contributed by atoms with E-state index in [1.165, 1.54) is 5.56 Å². The molecule has 2 aromatic carbocycles. The number of amides is 1. The molecule has 1 saturated heterocycles. The number of fused-ring (bicyclic) bond motifs is 1. The zero-order chi connectivity index (χ0) is 20.1. The molecule has 0 aromatic heterocycles. The van der Waals surface area contributed by atoms with E-state index in [0.29, 0.717) is 13.1 Å². The molecule has 0 radical (unpaired) electrons. The maximum atomic E-state index is 12.4. The van der Waals surface area contributed by atoms with Gasteiger partial charge in [-0.15, -0.1) is 0 Å². The summed E-state index contributed by atoms with van der Waals surface area (Å²) in [6.45, 7) is 5.98. The van der Waals surface area contributed by atoms with Crippen LogP contribution < -0.4 is 9.47 Å². The molecular weight excluding hydrogens is 370 g/mol. The molecule has 0 aliphatic carbocycles. The van der Waals surface area contributed by atoms with Crippen molar-refractivity contribution in [3.63, 3.8) is 0 Å². The predicted molar refractivity (Wildman–Crippen MR) is 109 cm³/mol. The number of carbonyl (C=O) groups excluding carboxylic acids is 1. The predicted octanol–water partition coefficient (Wildman–Crippen LogP) is 2.50. The second-order valence-electron chi connectivity index (χ2n) is 7.16. The monoisotopic (exact) mass is 395 g/mol. The molecule has 29 heavy (non-hydrogen) atoms. The number of nitrogens with zero attached hydrogens (tertiary/aromatic N) is 3. The largest absolute Gasteiger partial charge is 0.454 e. The van der Waals surface area contributed by atoms with Crippen molar-refractivity contribution in [2.75, 3.05) is 39.6 Å². The molecule has 2 aliphatic heterocycles. The molecule has 0 unspecified atom stereocenters. The molecule has 0 saturated carbocycles. The maximum absolute atomic E-state index is 12.4. The van der Waals surface area contributed by atoms with Crippen molar-refractivity contribution in [3.05, 3.63) is 59.7 Å². The highest BCUT2D eigenvalue weighted by atomic mass is 16.7. The van der Waals surface area contributed by atoms with Crippen LogP contribution in [0.2, 0.25) is 0 Å². The molecule has 2 aliphatic rings. The highest BCUT2D eigenvalue weighted by molar-refractivity contribution is 5.98.